The van der Waals surface area contributed by atoms with Gasteiger partial charge in [0.2, 0.25) is 11.8 Å². The summed E-state index contributed by atoms with van der Waals surface area (Å²) in [5, 5.41) is 6.72. The normalized spacial score (nSPS) is 11.5. The van der Waals surface area contributed by atoms with Crippen LogP contribution in [0.3, 0.4) is 0 Å². The molecule has 0 aliphatic heterocycles. The van der Waals surface area contributed by atoms with Gasteiger partial charge in [0.25, 0.3) is 0 Å². The Morgan fingerprint density at radius 1 is 1.00 bits per heavy atom. The van der Waals surface area contributed by atoms with E-state index in [-0.39, 0.29) is 6.04 Å². The van der Waals surface area contributed by atoms with Crippen LogP contribution in [0.1, 0.15) is 24.2 Å². The van der Waals surface area contributed by atoms with Crippen molar-refractivity contribution in [2.45, 2.75) is 19.9 Å². The van der Waals surface area contributed by atoms with Gasteiger partial charge in [-0.05, 0) is 43.8 Å². The average Bonchev–Trinajstić information content (AvgIpc) is 2.62. The lowest BCUT2D eigenvalue weighted by atomic mass is 10.1. The summed E-state index contributed by atoms with van der Waals surface area (Å²) in [6.07, 6.45) is 0. The smallest absolute Gasteiger partial charge is 0.232 e. The van der Waals surface area contributed by atoms with E-state index >= 15 is 0 Å². The van der Waals surface area contributed by atoms with Gasteiger partial charge in [-0.25, -0.2) is 4.98 Å². The lowest BCUT2D eigenvalue weighted by Crippen LogP contribution is -2.31. The number of hydrogen-bond acceptors (Lipinski definition) is 4. The number of hydrogen-bond donors (Lipinski definition) is 2. The maximum Gasteiger partial charge on any atom is 0.232 e. The molecule has 3 rings (SSSR count). The van der Waals surface area contributed by atoms with Gasteiger partial charge in [-0.3, -0.25) is 0 Å². The Balaban J connectivity index is 1.66. The van der Waals surface area contributed by atoms with E-state index < -0.39 is 0 Å². The van der Waals surface area contributed by atoms with Crippen LogP contribution in [0.25, 0.3) is 0 Å². The molecule has 26 heavy (non-hydrogen) atoms. The molecule has 0 radical (unpaired) electrons. The third kappa shape index (κ3) is 5.00. The number of anilines is 1. The first-order valence-corrected chi connectivity index (χ1v) is 8.72. The third-order valence-corrected chi connectivity index (χ3v) is 3.89. The molecule has 0 saturated carbocycles. The van der Waals surface area contributed by atoms with Crippen LogP contribution in [0.5, 0.6) is 11.6 Å². The number of benzene rings is 2. The van der Waals surface area contributed by atoms with Crippen molar-refractivity contribution in [3.63, 3.8) is 0 Å². The average molecular weight is 364 g/mol. The van der Waals surface area contributed by atoms with Crippen molar-refractivity contribution in [2.75, 3.05) is 5.32 Å². The zero-order valence-electron chi connectivity index (χ0n) is 14.6. The van der Waals surface area contributed by atoms with Gasteiger partial charge < -0.3 is 15.4 Å². The highest BCUT2D eigenvalue weighted by atomic mass is 32.1. The predicted molar refractivity (Wildman–Crippen MR) is 107 cm³/mol. The number of rotatable bonds is 5. The fourth-order valence-corrected chi connectivity index (χ4v) is 2.68. The maximum absolute atomic E-state index is 5.78. The van der Waals surface area contributed by atoms with E-state index in [0.717, 1.165) is 17.0 Å². The highest BCUT2D eigenvalue weighted by Crippen LogP contribution is 2.20. The van der Waals surface area contributed by atoms with Gasteiger partial charge in [-0.2, -0.15) is 4.98 Å². The van der Waals surface area contributed by atoms with E-state index in [2.05, 4.69) is 32.7 Å². The van der Waals surface area contributed by atoms with Gasteiger partial charge in [0.15, 0.2) is 5.11 Å². The minimum absolute atomic E-state index is 0.0704. The molecule has 0 unspecified atom stereocenters. The summed E-state index contributed by atoms with van der Waals surface area (Å²) in [5.41, 5.74) is 1.93. The van der Waals surface area contributed by atoms with Crippen LogP contribution in [-0.2, 0) is 0 Å². The molecule has 0 saturated heterocycles. The Kier molecular flexibility index (Phi) is 5.76. The second kappa shape index (κ2) is 8.40. The molecule has 0 fully saturated rings. The Morgan fingerprint density at radius 2 is 1.65 bits per heavy atom. The van der Waals surface area contributed by atoms with Gasteiger partial charge in [0, 0.05) is 11.8 Å². The minimum atomic E-state index is 0.0704. The van der Waals surface area contributed by atoms with Crippen LogP contribution < -0.4 is 15.4 Å². The highest BCUT2D eigenvalue weighted by molar-refractivity contribution is 7.80. The Morgan fingerprint density at radius 3 is 2.35 bits per heavy atom. The molecule has 132 valence electrons. The molecule has 5 nitrogen and oxygen atoms in total. The van der Waals surface area contributed by atoms with Crippen LogP contribution in [0.2, 0.25) is 0 Å². The van der Waals surface area contributed by atoms with Gasteiger partial charge in [-0.15, -0.1) is 0 Å². The van der Waals surface area contributed by atoms with Crippen molar-refractivity contribution < 1.29 is 4.74 Å². The molecule has 1 atom stereocenters. The molecule has 2 N–H and O–H groups in total. The zero-order chi connectivity index (χ0) is 18.4. The van der Waals surface area contributed by atoms with Crippen LogP contribution in [0, 0.1) is 6.92 Å². The fourth-order valence-electron chi connectivity index (χ4n) is 2.42. The third-order valence-electron chi connectivity index (χ3n) is 3.67. The molecule has 0 spiro atoms. The standard InChI is InChI=1S/C20H20N4OS/c1-14-13-18(25-17-11-7-4-8-12-17)23-19(21-14)24-20(26)22-15(2)16-9-5-3-6-10-16/h3-13,15H,1-2H3,(H2,21,22,23,24,26)/t15-/m1/s1. The van der Waals surface area contributed by atoms with E-state index in [1.807, 2.05) is 62.4 Å². The summed E-state index contributed by atoms with van der Waals surface area (Å²) in [6, 6.07) is 21.4. The van der Waals surface area contributed by atoms with Crippen LogP contribution >= 0.6 is 12.2 Å². The number of para-hydroxylation sites is 1. The number of aromatic nitrogens is 2. The molecule has 0 amide bonds. The van der Waals surface area contributed by atoms with Gasteiger partial charge in [-0.1, -0.05) is 48.5 Å². The van der Waals surface area contributed by atoms with Crippen molar-refractivity contribution in [1.29, 1.82) is 0 Å². The summed E-state index contributed by atoms with van der Waals surface area (Å²) in [4.78, 5) is 8.74. The minimum Gasteiger partial charge on any atom is -0.439 e. The lowest BCUT2D eigenvalue weighted by Gasteiger charge is -2.17. The van der Waals surface area contributed by atoms with E-state index in [1.54, 1.807) is 6.07 Å². The predicted octanol–water partition coefficient (Wildman–Crippen LogP) is 4.62. The van der Waals surface area contributed by atoms with Crippen molar-refractivity contribution in [2.24, 2.45) is 0 Å². The van der Waals surface area contributed by atoms with Crippen LogP contribution in [-0.4, -0.2) is 15.1 Å². The topological polar surface area (TPSA) is 59.1 Å². The SMILES string of the molecule is Cc1cc(Oc2ccccc2)nc(NC(=S)N[C@H](C)c2ccccc2)n1. The van der Waals surface area contributed by atoms with Crippen molar-refractivity contribution >= 4 is 23.3 Å². The lowest BCUT2D eigenvalue weighted by molar-refractivity contribution is 0.462. The Bertz CT molecular complexity index is 871. The summed E-state index contributed by atoms with van der Waals surface area (Å²) < 4.78 is 5.78. The summed E-state index contributed by atoms with van der Waals surface area (Å²) in [5.74, 6) is 1.58. The second-order valence-corrected chi connectivity index (χ2v) is 6.23. The van der Waals surface area contributed by atoms with E-state index in [0.29, 0.717) is 16.9 Å². The number of nitrogens with one attached hydrogen (secondary N) is 2. The summed E-state index contributed by atoms with van der Waals surface area (Å²) in [7, 11) is 0. The van der Waals surface area contributed by atoms with E-state index in [4.69, 9.17) is 17.0 Å². The van der Waals surface area contributed by atoms with Gasteiger partial charge in [0.05, 0.1) is 6.04 Å². The van der Waals surface area contributed by atoms with E-state index in [9.17, 15) is 0 Å². The van der Waals surface area contributed by atoms with Crippen LogP contribution in [0.15, 0.2) is 66.7 Å². The molecule has 0 aliphatic rings. The van der Waals surface area contributed by atoms with Crippen molar-refractivity contribution in [3.8, 4) is 11.6 Å². The number of nitrogens with zero attached hydrogens (tertiary/aromatic N) is 2. The van der Waals surface area contributed by atoms with E-state index in [1.165, 1.54) is 0 Å². The Labute approximate surface area is 158 Å². The second-order valence-electron chi connectivity index (χ2n) is 5.82. The molecule has 3 aromatic rings. The van der Waals surface area contributed by atoms with Crippen LogP contribution in [0.4, 0.5) is 5.95 Å². The summed E-state index contributed by atoms with van der Waals surface area (Å²) in [6.45, 7) is 3.93. The largest absolute Gasteiger partial charge is 0.439 e. The maximum atomic E-state index is 5.78. The first kappa shape index (κ1) is 17.8. The quantitative estimate of drug-likeness (QED) is 0.644. The molecular weight excluding hydrogens is 344 g/mol. The first-order valence-electron chi connectivity index (χ1n) is 8.31. The van der Waals surface area contributed by atoms with Gasteiger partial charge >= 0.3 is 0 Å². The molecule has 1 heterocycles. The highest BCUT2D eigenvalue weighted by Gasteiger charge is 2.09. The van der Waals surface area contributed by atoms with Crippen molar-refractivity contribution in [1.82, 2.24) is 15.3 Å². The molecule has 1 aromatic heterocycles. The molecule has 6 heteroatoms. The summed E-state index contributed by atoms with van der Waals surface area (Å²) >= 11 is 5.39. The molecule has 0 aliphatic carbocycles. The Hall–Kier alpha value is -2.99. The number of aryl methyl sites for hydroxylation is 1. The zero-order valence-corrected chi connectivity index (χ0v) is 15.5. The first-order chi connectivity index (χ1) is 12.6. The number of ether oxygens (including phenoxy) is 1. The fraction of sp³-hybridized carbons (Fsp3) is 0.150. The molecule has 0 bridgehead atoms. The molecule has 2 aromatic carbocycles. The van der Waals surface area contributed by atoms with Gasteiger partial charge in [0.1, 0.15) is 5.75 Å². The van der Waals surface area contributed by atoms with Crippen molar-refractivity contribution in [3.05, 3.63) is 78.0 Å². The molecular formula is C20H20N4OS. The number of thiocarbonyl (C=S) groups is 1. The monoisotopic (exact) mass is 364 g/mol.